The average Bonchev–Trinajstić information content (AvgIpc) is 2.95. The molecule has 3 rings (SSSR count). The number of hydrogen-bond acceptors (Lipinski definition) is 10. The minimum atomic E-state index is -2.14. The van der Waals surface area contributed by atoms with Crippen LogP contribution in [0.2, 0.25) is 0 Å². The lowest BCUT2D eigenvalue weighted by molar-refractivity contribution is -0.332. The zero-order valence-electron chi connectivity index (χ0n) is 26.3. The maximum Gasteiger partial charge on any atom is 0.328 e. The number of hydrogen-bond donors (Lipinski definition) is 5. The molecule has 3 aliphatic rings. The van der Waals surface area contributed by atoms with Gasteiger partial charge in [0, 0.05) is 37.4 Å². The van der Waals surface area contributed by atoms with Crippen LogP contribution in [0.3, 0.4) is 0 Å². The number of amides is 1. The van der Waals surface area contributed by atoms with Gasteiger partial charge in [-0.05, 0) is 26.2 Å². The van der Waals surface area contributed by atoms with Crippen molar-refractivity contribution in [2.24, 2.45) is 11.3 Å². The number of carboxylic acids is 1. The van der Waals surface area contributed by atoms with Gasteiger partial charge in [0.05, 0.1) is 24.4 Å². The molecule has 0 spiro atoms. The van der Waals surface area contributed by atoms with Crippen molar-refractivity contribution < 1.29 is 53.7 Å². The van der Waals surface area contributed by atoms with Crippen LogP contribution in [0.15, 0.2) is 48.6 Å². The second kappa shape index (κ2) is 15.7. The van der Waals surface area contributed by atoms with Gasteiger partial charge in [-0.2, -0.15) is 0 Å². The summed E-state index contributed by atoms with van der Waals surface area (Å²) in [6.45, 7) is 11.4. The predicted octanol–water partition coefficient (Wildman–Crippen LogP) is 2.34. The number of carbonyl (C=O) groups excluding carboxylic acids is 1. The van der Waals surface area contributed by atoms with Gasteiger partial charge >= 0.3 is 5.97 Å². The van der Waals surface area contributed by atoms with Crippen LogP contribution < -0.4 is 5.32 Å². The van der Waals surface area contributed by atoms with Gasteiger partial charge in [-0.3, -0.25) is 4.79 Å². The molecular weight excluding hydrogens is 574 g/mol. The molecule has 5 N–H and O–H groups in total. The highest BCUT2D eigenvalue weighted by molar-refractivity contribution is 5.82. The first-order valence-corrected chi connectivity index (χ1v) is 15.1. The maximum atomic E-state index is 13.2. The van der Waals surface area contributed by atoms with Crippen molar-refractivity contribution in [1.29, 1.82) is 0 Å². The van der Waals surface area contributed by atoms with E-state index in [9.17, 15) is 24.9 Å². The van der Waals surface area contributed by atoms with Gasteiger partial charge in [0.1, 0.15) is 19.0 Å². The summed E-state index contributed by atoms with van der Waals surface area (Å²) in [5.41, 5.74) is 0.0929. The van der Waals surface area contributed by atoms with Gasteiger partial charge in [-0.15, -0.1) is 0 Å². The van der Waals surface area contributed by atoms with E-state index in [-0.39, 0.29) is 19.1 Å². The Morgan fingerprint density at radius 3 is 2.50 bits per heavy atom. The van der Waals surface area contributed by atoms with E-state index in [1.807, 2.05) is 32.9 Å². The van der Waals surface area contributed by atoms with Gasteiger partial charge in [-0.1, -0.05) is 63.3 Å². The fourth-order valence-electron chi connectivity index (χ4n) is 6.00. The molecule has 248 valence electrons. The molecule has 12 nitrogen and oxygen atoms in total. The summed E-state index contributed by atoms with van der Waals surface area (Å²) < 4.78 is 29.6. The van der Waals surface area contributed by atoms with Crippen LogP contribution in [0.1, 0.15) is 59.8 Å². The number of aliphatic hydroxyl groups excluding tert-OH is 2. The molecule has 3 saturated heterocycles. The number of ether oxygens (including phenoxy) is 5. The quantitative estimate of drug-likeness (QED) is 0.0882. The first-order valence-electron chi connectivity index (χ1n) is 15.1. The highest BCUT2D eigenvalue weighted by Gasteiger charge is 2.57. The Morgan fingerprint density at radius 1 is 1.14 bits per heavy atom. The van der Waals surface area contributed by atoms with Crippen LogP contribution in [-0.2, 0) is 33.3 Å². The van der Waals surface area contributed by atoms with Gasteiger partial charge in [0.2, 0.25) is 5.79 Å². The molecule has 1 unspecified atom stereocenters. The molecule has 44 heavy (non-hydrogen) atoms. The van der Waals surface area contributed by atoms with Crippen molar-refractivity contribution in [2.75, 3.05) is 13.9 Å². The molecule has 0 aliphatic carbocycles. The molecular formula is C32H49NO11. The molecule has 0 aromatic heterocycles. The number of nitrogens with one attached hydrogen (secondary N) is 1. The number of allylic oxidation sites excluding steroid dienone is 5. The Labute approximate surface area is 259 Å². The second-order valence-electron chi connectivity index (χ2n) is 12.4. The van der Waals surface area contributed by atoms with Crippen LogP contribution >= 0.6 is 0 Å². The van der Waals surface area contributed by atoms with Gasteiger partial charge in [-0.25, -0.2) is 4.79 Å². The highest BCUT2D eigenvalue weighted by atomic mass is 16.7. The van der Waals surface area contributed by atoms with Crippen LogP contribution in [0.25, 0.3) is 0 Å². The zero-order chi connectivity index (χ0) is 32.7. The van der Waals surface area contributed by atoms with Crippen molar-refractivity contribution in [3.8, 4) is 0 Å². The summed E-state index contributed by atoms with van der Waals surface area (Å²) in [4.78, 5) is 23.6. The molecule has 0 saturated carbocycles. The summed E-state index contributed by atoms with van der Waals surface area (Å²) in [5.74, 6) is -4.09. The van der Waals surface area contributed by atoms with Crippen molar-refractivity contribution >= 4 is 11.9 Å². The van der Waals surface area contributed by atoms with Crippen LogP contribution in [0.4, 0.5) is 0 Å². The van der Waals surface area contributed by atoms with E-state index in [0.717, 1.165) is 18.9 Å². The Kier molecular flexibility index (Phi) is 12.9. The maximum absolute atomic E-state index is 13.2. The van der Waals surface area contributed by atoms with Crippen LogP contribution in [0, 0.1) is 11.3 Å². The molecule has 3 fully saturated rings. The number of carboxylic acid groups (broad SMARTS) is 1. The van der Waals surface area contributed by atoms with Gasteiger partial charge < -0.3 is 49.4 Å². The van der Waals surface area contributed by atoms with E-state index in [1.165, 1.54) is 6.08 Å². The molecule has 10 atom stereocenters. The Bertz CT molecular complexity index is 1090. The third-order valence-corrected chi connectivity index (χ3v) is 8.85. The summed E-state index contributed by atoms with van der Waals surface area (Å²) in [7, 11) is 1.57. The Hall–Kier alpha value is -2.42. The summed E-state index contributed by atoms with van der Waals surface area (Å²) in [5, 5.41) is 44.0. The van der Waals surface area contributed by atoms with Crippen LogP contribution in [-0.4, -0.2) is 101 Å². The van der Waals surface area contributed by atoms with Gasteiger partial charge in [0.15, 0.2) is 12.3 Å². The molecule has 0 aromatic carbocycles. The lowest BCUT2D eigenvalue weighted by Gasteiger charge is -2.54. The fourth-order valence-corrected chi connectivity index (χ4v) is 6.00. The topological polar surface area (TPSA) is 173 Å². The number of aliphatic hydroxyl groups is 3. The van der Waals surface area contributed by atoms with Crippen molar-refractivity contribution in [1.82, 2.24) is 5.32 Å². The normalized spacial score (nSPS) is 35.5. The first kappa shape index (κ1) is 36.1. The van der Waals surface area contributed by atoms with Crippen molar-refractivity contribution in [3.05, 3.63) is 48.6 Å². The zero-order valence-corrected chi connectivity index (χ0v) is 26.3. The number of fused-ring (bicyclic) bond motifs is 1. The summed E-state index contributed by atoms with van der Waals surface area (Å²) >= 11 is 0. The van der Waals surface area contributed by atoms with Crippen molar-refractivity contribution in [2.45, 2.75) is 115 Å². The second-order valence-corrected chi connectivity index (χ2v) is 12.4. The van der Waals surface area contributed by atoms with E-state index in [1.54, 1.807) is 26.2 Å². The monoisotopic (exact) mass is 623 g/mol. The number of aliphatic carboxylic acids is 1. The van der Waals surface area contributed by atoms with E-state index in [0.29, 0.717) is 18.4 Å². The van der Waals surface area contributed by atoms with E-state index in [2.05, 4.69) is 11.9 Å². The molecule has 3 heterocycles. The molecule has 12 heteroatoms. The van der Waals surface area contributed by atoms with Crippen molar-refractivity contribution in [3.63, 3.8) is 0 Å². The molecule has 0 radical (unpaired) electrons. The molecule has 1 amide bonds. The summed E-state index contributed by atoms with van der Waals surface area (Å²) in [6, 6.07) is 0. The fraction of sp³-hybridized carbons (Fsp3) is 0.688. The first-order chi connectivity index (χ1) is 20.7. The Morgan fingerprint density at radius 2 is 1.84 bits per heavy atom. The molecule has 3 aliphatic heterocycles. The van der Waals surface area contributed by atoms with Crippen LogP contribution in [0.5, 0.6) is 0 Å². The standard InChI is InChI=1S/C32H49NO11/c1-19-17-32(39,44-21(3)20(19)2)27(37)29(38)33-30-26-25(41-18-42-30)28(40-6)31(4,5)23(43-26)16-22(34)14-12-10-8-7-9-11-13-15-24(35)36/h7-9,11,13,15,20-23,25-28,30,34,37,39H,1,10,12,14,16-18H2,2-6H3,(H,33,38)(H,35,36)/b8-7+,11-9+,15-13+/t20-,21-,22-,23-,25?,26+,27-,28-,30+,32-/m1/s1. The van der Waals surface area contributed by atoms with Gasteiger partial charge in [0.25, 0.3) is 5.91 Å². The van der Waals surface area contributed by atoms with E-state index in [4.69, 9.17) is 28.8 Å². The number of carbonyl (C=O) groups is 2. The predicted molar refractivity (Wildman–Crippen MR) is 160 cm³/mol. The minimum Gasteiger partial charge on any atom is -0.478 e. The average molecular weight is 624 g/mol. The molecule has 0 aromatic rings. The SMILES string of the molecule is C=C1C[C@](O)([C@H](O)C(=O)N[C@H]2OCOC3[C@@H](OC)C(C)(C)[C@@H](C[C@H](O)CCC/C=C/C=C/C=C/C(=O)O)O[C@@H]32)O[C@H](C)[C@@H]1C. The summed E-state index contributed by atoms with van der Waals surface area (Å²) in [6.07, 6.45) is 5.32. The lowest BCUT2D eigenvalue weighted by atomic mass is 9.72. The third-order valence-electron chi connectivity index (χ3n) is 8.85. The Balaban J connectivity index is 1.62. The number of unbranched alkanes of at least 4 members (excludes halogenated alkanes) is 1. The number of rotatable bonds is 13. The third kappa shape index (κ3) is 8.85. The molecule has 0 bridgehead atoms. The van der Waals surface area contributed by atoms with E-state index < -0.39 is 72.0 Å². The highest BCUT2D eigenvalue weighted by Crippen LogP contribution is 2.44. The minimum absolute atomic E-state index is 0.0458. The number of methoxy groups -OCH3 is 1. The smallest absolute Gasteiger partial charge is 0.328 e. The largest absolute Gasteiger partial charge is 0.478 e. The van der Waals surface area contributed by atoms with E-state index >= 15 is 0 Å². The lowest BCUT2D eigenvalue weighted by Crippen LogP contribution is -2.69.